The number of pyridine rings is 1. The summed E-state index contributed by atoms with van der Waals surface area (Å²) in [6.07, 6.45) is 2.26. The molecule has 1 aromatic rings. The highest BCUT2D eigenvalue weighted by molar-refractivity contribution is 6.33. The van der Waals surface area contributed by atoms with Gasteiger partial charge in [-0.1, -0.05) is 11.6 Å². The highest BCUT2D eigenvalue weighted by Gasteiger charge is 2.13. The molecule has 0 saturated carbocycles. The van der Waals surface area contributed by atoms with E-state index in [9.17, 15) is 4.79 Å². The van der Waals surface area contributed by atoms with Gasteiger partial charge in [-0.05, 0) is 26.3 Å². The first kappa shape index (κ1) is 13.9. The highest BCUT2D eigenvalue weighted by Crippen LogP contribution is 2.15. The molecule has 0 aliphatic rings. The molecule has 1 atom stereocenters. The summed E-state index contributed by atoms with van der Waals surface area (Å²) in [5.41, 5.74) is 1.19. The minimum absolute atomic E-state index is 0.0415. The third kappa shape index (κ3) is 4.32. The summed E-state index contributed by atoms with van der Waals surface area (Å²) >= 11 is 5.99. The van der Waals surface area contributed by atoms with E-state index in [4.69, 9.17) is 16.3 Å². The predicted molar refractivity (Wildman–Crippen MR) is 67.4 cm³/mol. The molecule has 1 aromatic heterocycles. The zero-order chi connectivity index (χ0) is 12.8. The van der Waals surface area contributed by atoms with Gasteiger partial charge in [0, 0.05) is 31.6 Å². The molecule has 0 bridgehead atoms. The number of carbonyl (C=O) groups is 1. The summed E-state index contributed by atoms with van der Waals surface area (Å²) in [5, 5.41) is 3.27. The van der Waals surface area contributed by atoms with Crippen LogP contribution in [0.25, 0.3) is 0 Å². The van der Waals surface area contributed by atoms with Crippen LogP contribution >= 0.6 is 11.6 Å². The number of aromatic nitrogens is 1. The van der Waals surface area contributed by atoms with Crippen LogP contribution in [0, 0.1) is 6.92 Å². The molecule has 17 heavy (non-hydrogen) atoms. The Balaban J connectivity index is 2.63. The van der Waals surface area contributed by atoms with E-state index in [1.165, 1.54) is 6.20 Å². The number of hydrogen-bond donors (Lipinski definition) is 1. The van der Waals surface area contributed by atoms with Gasteiger partial charge in [0.05, 0.1) is 10.6 Å². The zero-order valence-corrected chi connectivity index (χ0v) is 11.0. The molecule has 1 N–H and O–H groups in total. The molecule has 0 aliphatic heterocycles. The molecule has 0 fully saturated rings. The molecule has 0 aliphatic carbocycles. The molecule has 5 heteroatoms. The topological polar surface area (TPSA) is 51.2 Å². The smallest absolute Gasteiger partial charge is 0.254 e. The average Bonchev–Trinajstić information content (AvgIpc) is 2.26. The number of rotatable bonds is 5. The van der Waals surface area contributed by atoms with E-state index in [2.05, 4.69) is 10.3 Å². The first-order valence-electron chi connectivity index (χ1n) is 5.46. The van der Waals surface area contributed by atoms with Crippen molar-refractivity contribution in [1.29, 1.82) is 0 Å². The van der Waals surface area contributed by atoms with Gasteiger partial charge in [-0.2, -0.15) is 0 Å². The number of ether oxygens (including phenoxy) is 1. The molecular formula is C12H17ClN2O2. The van der Waals surface area contributed by atoms with Crippen LogP contribution < -0.4 is 5.32 Å². The number of amides is 1. The van der Waals surface area contributed by atoms with E-state index in [-0.39, 0.29) is 11.9 Å². The number of hydrogen-bond acceptors (Lipinski definition) is 3. The second-order valence-electron chi connectivity index (χ2n) is 3.96. The number of nitrogens with one attached hydrogen (secondary N) is 1. The molecule has 0 aromatic carbocycles. The van der Waals surface area contributed by atoms with Gasteiger partial charge in [-0.3, -0.25) is 9.78 Å². The Bertz CT molecular complexity index is 396. The molecule has 0 radical (unpaired) electrons. The maximum atomic E-state index is 11.9. The van der Waals surface area contributed by atoms with Crippen LogP contribution in [0.5, 0.6) is 0 Å². The van der Waals surface area contributed by atoms with Crippen LogP contribution in [-0.2, 0) is 4.74 Å². The van der Waals surface area contributed by atoms with Crippen LogP contribution in [0.4, 0.5) is 0 Å². The Morgan fingerprint density at radius 1 is 1.65 bits per heavy atom. The van der Waals surface area contributed by atoms with Gasteiger partial charge in [0.15, 0.2) is 0 Å². The third-order valence-electron chi connectivity index (χ3n) is 2.37. The molecule has 1 amide bonds. The summed E-state index contributed by atoms with van der Waals surface area (Å²) < 4.78 is 4.95. The number of methoxy groups -OCH3 is 1. The molecule has 0 spiro atoms. The Morgan fingerprint density at radius 3 is 2.94 bits per heavy atom. The lowest BCUT2D eigenvalue weighted by Gasteiger charge is -2.13. The van der Waals surface area contributed by atoms with E-state index in [0.29, 0.717) is 17.2 Å². The average molecular weight is 257 g/mol. The lowest BCUT2D eigenvalue weighted by Crippen LogP contribution is -2.33. The fourth-order valence-electron chi connectivity index (χ4n) is 1.36. The summed E-state index contributed by atoms with van der Waals surface area (Å²) in [4.78, 5) is 15.9. The Kier molecular flexibility index (Phi) is 5.38. The Morgan fingerprint density at radius 2 is 2.35 bits per heavy atom. The number of carbonyl (C=O) groups excluding carboxylic acids is 1. The normalized spacial score (nSPS) is 12.2. The molecule has 94 valence electrons. The molecule has 1 unspecified atom stereocenters. The van der Waals surface area contributed by atoms with Crippen LogP contribution in [0.3, 0.4) is 0 Å². The summed E-state index contributed by atoms with van der Waals surface area (Å²) in [7, 11) is 1.63. The van der Waals surface area contributed by atoms with Crippen molar-refractivity contribution in [1.82, 2.24) is 10.3 Å². The second-order valence-corrected chi connectivity index (χ2v) is 4.37. The fourth-order valence-corrected chi connectivity index (χ4v) is 1.65. The molecule has 1 heterocycles. The number of aryl methyl sites for hydroxylation is 1. The summed E-state index contributed by atoms with van der Waals surface area (Å²) in [5.74, 6) is -0.203. The van der Waals surface area contributed by atoms with Gasteiger partial charge in [0.2, 0.25) is 0 Å². The van der Waals surface area contributed by atoms with E-state index in [1.807, 2.05) is 13.8 Å². The van der Waals surface area contributed by atoms with Crippen molar-refractivity contribution < 1.29 is 9.53 Å². The fraction of sp³-hybridized carbons (Fsp3) is 0.500. The standard InChI is InChI=1S/C12H17ClN2O2/c1-8(4-5-17-3)15-12(16)10-7-14-9(2)6-11(10)13/h6-8H,4-5H2,1-3H3,(H,15,16). The lowest BCUT2D eigenvalue weighted by atomic mass is 10.2. The van der Waals surface area contributed by atoms with Gasteiger partial charge in [0.25, 0.3) is 5.91 Å². The molecular weight excluding hydrogens is 240 g/mol. The lowest BCUT2D eigenvalue weighted by molar-refractivity contribution is 0.0929. The minimum atomic E-state index is -0.203. The van der Waals surface area contributed by atoms with Crippen molar-refractivity contribution in [3.8, 4) is 0 Å². The summed E-state index contributed by atoms with van der Waals surface area (Å²) in [6, 6.07) is 1.72. The van der Waals surface area contributed by atoms with E-state index < -0.39 is 0 Å². The summed E-state index contributed by atoms with van der Waals surface area (Å²) in [6.45, 7) is 4.36. The van der Waals surface area contributed by atoms with Crippen LogP contribution in [0.2, 0.25) is 5.02 Å². The largest absolute Gasteiger partial charge is 0.385 e. The second kappa shape index (κ2) is 6.57. The van der Waals surface area contributed by atoms with Gasteiger partial charge in [-0.25, -0.2) is 0 Å². The molecule has 4 nitrogen and oxygen atoms in total. The monoisotopic (exact) mass is 256 g/mol. The van der Waals surface area contributed by atoms with Gasteiger partial charge >= 0.3 is 0 Å². The predicted octanol–water partition coefficient (Wildman–Crippen LogP) is 2.20. The Hall–Kier alpha value is -1.13. The van der Waals surface area contributed by atoms with E-state index in [0.717, 1.165) is 12.1 Å². The van der Waals surface area contributed by atoms with E-state index in [1.54, 1.807) is 13.2 Å². The minimum Gasteiger partial charge on any atom is -0.385 e. The van der Waals surface area contributed by atoms with Crippen molar-refractivity contribution in [2.24, 2.45) is 0 Å². The Labute approximate surface area is 106 Å². The first-order valence-corrected chi connectivity index (χ1v) is 5.84. The van der Waals surface area contributed by atoms with Crippen LogP contribution in [0.1, 0.15) is 29.4 Å². The molecule has 0 saturated heterocycles. The van der Waals surface area contributed by atoms with E-state index >= 15 is 0 Å². The first-order chi connectivity index (χ1) is 8.04. The SMILES string of the molecule is COCCC(C)NC(=O)c1cnc(C)cc1Cl. The maximum absolute atomic E-state index is 11.9. The number of halogens is 1. The quantitative estimate of drug-likeness (QED) is 0.879. The third-order valence-corrected chi connectivity index (χ3v) is 2.68. The van der Waals surface area contributed by atoms with Gasteiger partial charge in [0.1, 0.15) is 0 Å². The van der Waals surface area contributed by atoms with Crippen molar-refractivity contribution in [2.45, 2.75) is 26.3 Å². The van der Waals surface area contributed by atoms with Gasteiger partial charge in [-0.15, -0.1) is 0 Å². The van der Waals surface area contributed by atoms with Crippen LogP contribution in [-0.4, -0.2) is 30.6 Å². The van der Waals surface area contributed by atoms with Gasteiger partial charge < -0.3 is 10.1 Å². The van der Waals surface area contributed by atoms with Crippen molar-refractivity contribution >= 4 is 17.5 Å². The maximum Gasteiger partial charge on any atom is 0.254 e. The molecule has 1 rings (SSSR count). The van der Waals surface area contributed by atoms with Crippen molar-refractivity contribution in [2.75, 3.05) is 13.7 Å². The zero-order valence-electron chi connectivity index (χ0n) is 10.3. The van der Waals surface area contributed by atoms with Crippen molar-refractivity contribution in [3.63, 3.8) is 0 Å². The van der Waals surface area contributed by atoms with Crippen molar-refractivity contribution in [3.05, 3.63) is 28.5 Å². The highest BCUT2D eigenvalue weighted by atomic mass is 35.5. The van der Waals surface area contributed by atoms with Crippen LogP contribution in [0.15, 0.2) is 12.3 Å². The number of nitrogens with zero attached hydrogens (tertiary/aromatic N) is 1.